The smallest absolute Gasteiger partial charge is 0.370 e. The van der Waals surface area contributed by atoms with Crippen LogP contribution in [0.1, 0.15) is 17.4 Å². The highest BCUT2D eigenvalue weighted by Gasteiger charge is 2.31. The average molecular weight is 301 g/mol. The van der Waals surface area contributed by atoms with Crippen LogP contribution in [0.15, 0.2) is 29.6 Å². The second-order valence-electron chi connectivity index (χ2n) is 4.09. The van der Waals surface area contributed by atoms with Crippen LogP contribution in [0, 0.1) is 0 Å². The molecule has 0 radical (unpaired) electrons. The van der Waals surface area contributed by atoms with Gasteiger partial charge in [0.2, 0.25) is 0 Å². The summed E-state index contributed by atoms with van der Waals surface area (Å²) in [6, 6.07) is 5.84. The third-order valence-corrected chi connectivity index (χ3v) is 3.41. The zero-order valence-electron chi connectivity index (χ0n) is 10.8. The monoisotopic (exact) mass is 301 g/mol. The summed E-state index contributed by atoms with van der Waals surface area (Å²) in [5.74, 6) is 0.431. The zero-order valence-corrected chi connectivity index (χ0v) is 11.6. The largest absolute Gasteiger partial charge is 0.416 e. The van der Waals surface area contributed by atoms with Gasteiger partial charge in [0.15, 0.2) is 0 Å². The van der Waals surface area contributed by atoms with Crippen molar-refractivity contribution in [3.63, 3.8) is 0 Å². The van der Waals surface area contributed by atoms with E-state index in [-0.39, 0.29) is 11.6 Å². The van der Waals surface area contributed by atoms with Crippen molar-refractivity contribution in [3.05, 3.63) is 40.1 Å². The van der Waals surface area contributed by atoms with Gasteiger partial charge in [-0.25, -0.2) is 4.98 Å². The molecule has 0 aliphatic heterocycles. The molecule has 0 unspecified atom stereocenters. The molecular weight excluding hydrogens is 287 g/mol. The Morgan fingerprint density at radius 2 is 1.90 bits per heavy atom. The first kappa shape index (κ1) is 14.6. The van der Waals surface area contributed by atoms with Crippen LogP contribution in [-0.4, -0.2) is 11.5 Å². The highest BCUT2D eigenvalue weighted by molar-refractivity contribution is 7.09. The average Bonchev–Trinajstić information content (AvgIpc) is 2.88. The first-order chi connectivity index (χ1) is 9.49. The van der Waals surface area contributed by atoms with E-state index in [1.807, 2.05) is 17.5 Å². The fourth-order valence-corrected chi connectivity index (χ4v) is 2.29. The summed E-state index contributed by atoms with van der Waals surface area (Å²) in [7, 11) is 0. The van der Waals surface area contributed by atoms with E-state index in [0.717, 1.165) is 17.0 Å². The van der Waals surface area contributed by atoms with Gasteiger partial charge >= 0.3 is 6.18 Å². The van der Waals surface area contributed by atoms with Crippen LogP contribution < -0.4 is 10.6 Å². The van der Waals surface area contributed by atoms with E-state index in [4.69, 9.17) is 0 Å². The fraction of sp³-hybridized carbons (Fsp3) is 0.308. The molecule has 0 fully saturated rings. The molecule has 0 atom stereocenters. The Bertz CT molecular complexity index is 552. The molecular formula is C13H14F3N3S. The Labute approximate surface area is 118 Å². The van der Waals surface area contributed by atoms with Gasteiger partial charge in [0.1, 0.15) is 11.6 Å². The molecule has 3 nitrogen and oxygen atoms in total. The minimum absolute atomic E-state index is 0.212. The number of halogens is 3. The number of aromatic nitrogens is 1. The lowest BCUT2D eigenvalue weighted by Gasteiger charge is -2.13. The number of rotatable bonds is 5. The van der Waals surface area contributed by atoms with Gasteiger partial charge in [-0.05, 0) is 30.5 Å². The third kappa shape index (κ3) is 3.86. The van der Waals surface area contributed by atoms with Crippen molar-refractivity contribution < 1.29 is 13.2 Å². The molecule has 0 spiro atoms. The summed E-state index contributed by atoms with van der Waals surface area (Å²) in [6.07, 6.45) is -4.38. The first-order valence-electron chi connectivity index (χ1n) is 6.08. The van der Waals surface area contributed by atoms with Gasteiger partial charge in [0, 0.05) is 11.4 Å². The molecule has 2 aromatic heterocycles. The second kappa shape index (κ2) is 6.13. The minimum Gasteiger partial charge on any atom is -0.370 e. The number of pyridine rings is 1. The molecule has 0 aliphatic rings. The summed E-state index contributed by atoms with van der Waals surface area (Å²) in [6.45, 7) is 2.77. The molecule has 20 heavy (non-hydrogen) atoms. The molecule has 0 saturated carbocycles. The standard InChI is InChI=1S/C13H14F3N3S/c1-2-17-11-6-9(13(14,15)16)7-12(19-11)18-8-10-4-3-5-20-10/h3-7H,2,8H2,1H3,(H2,17,18,19). The van der Waals surface area contributed by atoms with Crippen molar-refractivity contribution in [2.75, 3.05) is 17.2 Å². The van der Waals surface area contributed by atoms with Crippen LogP contribution in [0.4, 0.5) is 24.8 Å². The van der Waals surface area contributed by atoms with Crippen molar-refractivity contribution in [2.45, 2.75) is 19.6 Å². The normalized spacial score (nSPS) is 11.4. The van der Waals surface area contributed by atoms with Crippen LogP contribution in [-0.2, 0) is 12.7 Å². The number of nitrogens with zero attached hydrogens (tertiary/aromatic N) is 1. The minimum atomic E-state index is -4.38. The number of hydrogen-bond donors (Lipinski definition) is 2. The lowest BCUT2D eigenvalue weighted by molar-refractivity contribution is -0.137. The van der Waals surface area contributed by atoms with E-state index >= 15 is 0 Å². The lowest BCUT2D eigenvalue weighted by atomic mass is 10.2. The maximum atomic E-state index is 12.8. The van der Waals surface area contributed by atoms with Gasteiger partial charge in [-0.15, -0.1) is 11.3 Å². The van der Waals surface area contributed by atoms with E-state index in [1.165, 1.54) is 11.3 Å². The van der Waals surface area contributed by atoms with Crippen LogP contribution in [0.25, 0.3) is 0 Å². The van der Waals surface area contributed by atoms with Crippen LogP contribution >= 0.6 is 11.3 Å². The number of anilines is 2. The molecule has 0 amide bonds. The Kier molecular flexibility index (Phi) is 4.49. The Morgan fingerprint density at radius 1 is 1.20 bits per heavy atom. The Morgan fingerprint density at radius 3 is 2.45 bits per heavy atom. The Hall–Kier alpha value is -1.76. The van der Waals surface area contributed by atoms with Crippen molar-refractivity contribution in [1.29, 1.82) is 0 Å². The molecule has 108 valence electrons. The van der Waals surface area contributed by atoms with Gasteiger partial charge in [0.25, 0.3) is 0 Å². The van der Waals surface area contributed by atoms with Gasteiger partial charge in [-0.1, -0.05) is 6.07 Å². The number of thiophene rings is 1. The van der Waals surface area contributed by atoms with Gasteiger partial charge in [-0.2, -0.15) is 13.2 Å². The third-order valence-electron chi connectivity index (χ3n) is 2.53. The maximum Gasteiger partial charge on any atom is 0.416 e. The predicted molar refractivity (Wildman–Crippen MR) is 75.0 cm³/mol. The van der Waals surface area contributed by atoms with Crippen LogP contribution in [0.5, 0.6) is 0 Å². The summed E-state index contributed by atoms with van der Waals surface area (Å²) in [4.78, 5) is 5.15. The van der Waals surface area contributed by atoms with E-state index in [2.05, 4.69) is 15.6 Å². The van der Waals surface area contributed by atoms with Gasteiger partial charge in [0.05, 0.1) is 12.1 Å². The van der Waals surface area contributed by atoms with Crippen LogP contribution in [0.2, 0.25) is 0 Å². The van der Waals surface area contributed by atoms with Crippen molar-refractivity contribution in [3.8, 4) is 0 Å². The molecule has 0 saturated heterocycles. The fourth-order valence-electron chi connectivity index (χ4n) is 1.65. The molecule has 7 heteroatoms. The maximum absolute atomic E-state index is 12.8. The van der Waals surface area contributed by atoms with E-state index in [9.17, 15) is 13.2 Å². The molecule has 0 aliphatic carbocycles. The molecule has 2 aromatic rings. The summed E-state index contributed by atoms with van der Waals surface area (Å²) in [5.41, 5.74) is -0.711. The van der Waals surface area contributed by atoms with E-state index in [0.29, 0.717) is 13.1 Å². The van der Waals surface area contributed by atoms with Gasteiger partial charge < -0.3 is 10.6 Å². The zero-order chi connectivity index (χ0) is 14.6. The number of alkyl halides is 3. The first-order valence-corrected chi connectivity index (χ1v) is 6.96. The van der Waals surface area contributed by atoms with Gasteiger partial charge in [-0.3, -0.25) is 0 Å². The van der Waals surface area contributed by atoms with Crippen molar-refractivity contribution in [1.82, 2.24) is 4.98 Å². The van der Waals surface area contributed by atoms with E-state index < -0.39 is 11.7 Å². The highest BCUT2D eigenvalue weighted by Crippen LogP contribution is 2.32. The quantitative estimate of drug-likeness (QED) is 0.869. The topological polar surface area (TPSA) is 37.0 Å². The number of nitrogens with one attached hydrogen (secondary N) is 2. The summed E-state index contributed by atoms with van der Waals surface area (Å²) >= 11 is 1.54. The molecule has 2 heterocycles. The SMILES string of the molecule is CCNc1cc(C(F)(F)F)cc(NCc2cccs2)n1. The molecule has 2 rings (SSSR count). The Balaban J connectivity index is 2.20. The molecule has 0 bridgehead atoms. The summed E-state index contributed by atoms with van der Waals surface area (Å²) in [5, 5.41) is 7.64. The van der Waals surface area contributed by atoms with E-state index in [1.54, 1.807) is 6.92 Å². The second-order valence-corrected chi connectivity index (χ2v) is 5.12. The van der Waals surface area contributed by atoms with Crippen molar-refractivity contribution in [2.24, 2.45) is 0 Å². The molecule has 0 aromatic carbocycles. The van der Waals surface area contributed by atoms with Crippen molar-refractivity contribution >= 4 is 23.0 Å². The highest BCUT2D eigenvalue weighted by atomic mass is 32.1. The summed E-state index contributed by atoms with van der Waals surface area (Å²) < 4.78 is 38.5. The molecule has 2 N–H and O–H groups in total. The predicted octanol–water partition coefficient (Wildman–Crippen LogP) is 4.21. The lowest BCUT2D eigenvalue weighted by Crippen LogP contribution is -2.10. The number of hydrogen-bond acceptors (Lipinski definition) is 4. The van der Waals surface area contributed by atoms with Crippen LogP contribution in [0.3, 0.4) is 0 Å².